The van der Waals surface area contributed by atoms with E-state index in [1.807, 2.05) is 0 Å². The Kier molecular flexibility index (Phi) is 5.41. The SMILES string of the molecule is CCC(C)c1ccc(C(CC)NC(=S)NC2CC2)cc1. The Balaban J connectivity index is 1.97. The molecule has 2 nitrogen and oxygen atoms in total. The van der Waals surface area contributed by atoms with E-state index >= 15 is 0 Å². The van der Waals surface area contributed by atoms with Gasteiger partial charge in [0.1, 0.15) is 0 Å². The van der Waals surface area contributed by atoms with E-state index in [0.717, 1.165) is 11.5 Å². The molecule has 1 aromatic rings. The molecule has 1 aliphatic rings. The quantitative estimate of drug-likeness (QED) is 0.765. The Morgan fingerprint density at radius 2 is 1.75 bits per heavy atom. The van der Waals surface area contributed by atoms with E-state index in [0.29, 0.717) is 18.0 Å². The Labute approximate surface area is 128 Å². The Bertz CT molecular complexity index is 437. The van der Waals surface area contributed by atoms with Crippen LogP contribution < -0.4 is 10.6 Å². The molecule has 0 bridgehead atoms. The summed E-state index contributed by atoms with van der Waals surface area (Å²) < 4.78 is 0. The van der Waals surface area contributed by atoms with Crippen molar-refractivity contribution in [1.29, 1.82) is 0 Å². The molecule has 1 saturated carbocycles. The molecule has 3 heteroatoms. The molecule has 0 radical (unpaired) electrons. The zero-order valence-corrected chi connectivity index (χ0v) is 13.6. The summed E-state index contributed by atoms with van der Waals surface area (Å²) in [6.45, 7) is 6.70. The molecule has 1 fully saturated rings. The van der Waals surface area contributed by atoms with E-state index in [9.17, 15) is 0 Å². The molecule has 2 rings (SSSR count). The van der Waals surface area contributed by atoms with Crippen molar-refractivity contribution < 1.29 is 0 Å². The van der Waals surface area contributed by atoms with Gasteiger partial charge < -0.3 is 10.6 Å². The van der Waals surface area contributed by atoms with Crippen molar-refractivity contribution in [3.63, 3.8) is 0 Å². The van der Waals surface area contributed by atoms with E-state index in [1.165, 1.54) is 30.4 Å². The van der Waals surface area contributed by atoms with Crippen molar-refractivity contribution in [3.05, 3.63) is 35.4 Å². The first kappa shape index (κ1) is 15.3. The summed E-state index contributed by atoms with van der Waals surface area (Å²) in [5, 5.41) is 7.58. The molecule has 0 aliphatic heterocycles. The van der Waals surface area contributed by atoms with Crippen LogP contribution in [0, 0.1) is 0 Å². The molecule has 2 unspecified atom stereocenters. The second-order valence-electron chi connectivity index (χ2n) is 5.83. The molecule has 2 N–H and O–H groups in total. The maximum Gasteiger partial charge on any atom is 0.166 e. The van der Waals surface area contributed by atoms with Crippen molar-refractivity contribution in [2.45, 2.75) is 64.5 Å². The summed E-state index contributed by atoms with van der Waals surface area (Å²) >= 11 is 5.38. The van der Waals surface area contributed by atoms with Gasteiger partial charge >= 0.3 is 0 Å². The third-order valence-electron chi connectivity index (χ3n) is 4.15. The first-order chi connectivity index (χ1) is 9.63. The van der Waals surface area contributed by atoms with Gasteiger partial charge in [-0.15, -0.1) is 0 Å². The smallest absolute Gasteiger partial charge is 0.166 e. The fourth-order valence-corrected chi connectivity index (χ4v) is 2.64. The number of hydrogen-bond acceptors (Lipinski definition) is 1. The number of rotatable bonds is 6. The fourth-order valence-electron chi connectivity index (χ4n) is 2.33. The number of thiocarbonyl (C=S) groups is 1. The molecule has 0 aromatic heterocycles. The van der Waals surface area contributed by atoms with E-state index in [4.69, 9.17) is 12.2 Å². The maximum atomic E-state index is 5.38. The maximum absolute atomic E-state index is 5.38. The fraction of sp³-hybridized carbons (Fsp3) is 0.588. The van der Waals surface area contributed by atoms with Crippen molar-refractivity contribution in [2.75, 3.05) is 0 Å². The van der Waals surface area contributed by atoms with Gasteiger partial charge in [-0.1, -0.05) is 45.0 Å². The normalized spacial score (nSPS) is 17.4. The largest absolute Gasteiger partial charge is 0.360 e. The van der Waals surface area contributed by atoms with Gasteiger partial charge in [-0.3, -0.25) is 0 Å². The number of nitrogens with one attached hydrogen (secondary N) is 2. The summed E-state index contributed by atoms with van der Waals surface area (Å²) in [5.41, 5.74) is 2.74. The lowest BCUT2D eigenvalue weighted by atomic mass is 9.95. The first-order valence-corrected chi connectivity index (χ1v) is 8.21. The lowest BCUT2D eigenvalue weighted by Gasteiger charge is -2.20. The third-order valence-corrected chi connectivity index (χ3v) is 4.38. The van der Waals surface area contributed by atoms with Gasteiger partial charge in [0.05, 0.1) is 6.04 Å². The Morgan fingerprint density at radius 3 is 2.25 bits per heavy atom. The summed E-state index contributed by atoms with van der Waals surface area (Å²) in [6, 6.07) is 9.90. The van der Waals surface area contributed by atoms with Gasteiger partial charge in [-0.2, -0.15) is 0 Å². The third kappa shape index (κ3) is 4.20. The zero-order chi connectivity index (χ0) is 14.5. The van der Waals surface area contributed by atoms with Crippen molar-refractivity contribution in [1.82, 2.24) is 10.6 Å². The zero-order valence-electron chi connectivity index (χ0n) is 12.8. The van der Waals surface area contributed by atoms with Gasteiger partial charge in [-0.05, 0) is 54.9 Å². The molecular weight excluding hydrogens is 264 g/mol. The van der Waals surface area contributed by atoms with E-state index in [-0.39, 0.29) is 0 Å². The molecule has 1 aliphatic carbocycles. The highest BCUT2D eigenvalue weighted by atomic mass is 32.1. The van der Waals surface area contributed by atoms with E-state index < -0.39 is 0 Å². The second-order valence-corrected chi connectivity index (χ2v) is 6.24. The predicted octanol–water partition coefficient (Wildman–Crippen LogP) is 4.28. The lowest BCUT2D eigenvalue weighted by molar-refractivity contribution is 0.615. The minimum Gasteiger partial charge on any atom is -0.360 e. The van der Waals surface area contributed by atoms with Crippen molar-refractivity contribution >= 4 is 17.3 Å². The number of hydrogen-bond donors (Lipinski definition) is 2. The molecule has 0 amide bonds. The van der Waals surface area contributed by atoms with Gasteiger partial charge in [-0.25, -0.2) is 0 Å². The second kappa shape index (κ2) is 7.07. The van der Waals surface area contributed by atoms with Crippen LogP contribution in [0.25, 0.3) is 0 Å². The topological polar surface area (TPSA) is 24.1 Å². The molecule has 1 aromatic carbocycles. The summed E-state index contributed by atoms with van der Waals surface area (Å²) in [7, 11) is 0. The standard InChI is InChI=1S/C17H26N2S/c1-4-12(3)13-6-8-14(9-7-13)16(5-2)19-17(20)18-15-10-11-15/h6-9,12,15-16H,4-5,10-11H2,1-3H3,(H2,18,19,20). The molecule has 2 atom stereocenters. The average Bonchev–Trinajstić information content (AvgIpc) is 3.28. The molecular formula is C17H26N2S. The van der Waals surface area contributed by atoms with Crippen LogP contribution >= 0.6 is 12.2 Å². The van der Waals surface area contributed by atoms with E-state index in [2.05, 4.69) is 55.7 Å². The van der Waals surface area contributed by atoms with Crippen LogP contribution in [-0.4, -0.2) is 11.2 Å². The first-order valence-electron chi connectivity index (χ1n) is 7.80. The van der Waals surface area contributed by atoms with Crippen LogP contribution in [0.1, 0.15) is 69.5 Å². The lowest BCUT2D eigenvalue weighted by Crippen LogP contribution is -2.38. The Hall–Kier alpha value is -1.09. The minimum absolute atomic E-state index is 0.305. The van der Waals surface area contributed by atoms with Gasteiger partial charge in [0.15, 0.2) is 5.11 Å². The highest BCUT2D eigenvalue weighted by molar-refractivity contribution is 7.80. The summed E-state index contributed by atoms with van der Waals surface area (Å²) in [5.74, 6) is 0.634. The van der Waals surface area contributed by atoms with Crippen molar-refractivity contribution in [2.24, 2.45) is 0 Å². The number of benzene rings is 1. The van der Waals surface area contributed by atoms with E-state index in [1.54, 1.807) is 0 Å². The van der Waals surface area contributed by atoms with Crippen LogP contribution in [0.2, 0.25) is 0 Å². The summed E-state index contributed by atoms with van der Waals surface area (Å²) in [6.07, 6.45) is 4.73. The highest BCUT2D eigenvalue weighted by Gasteiger charge is 2.22. The molecule has 0 heterocycles. The highest BCUT2D eigenvalue weighted by Crippen LogP contribution is 2.23. The van der Waals surface area contributed by atoms with Crippen LogP contribution in [0.3, 0.4) is 0 Å². The van der Waals surface area contributed by atoms with Crippen LogP contribution in [0.15, 0.2) is 24.3 Å². The van der Waals surface area contributed by atoms with Gasteiger partial charge in [0, 0.05) is 6.04 Å². The van der Waals surface area contributed by atoms with Crippen LogP contribution in [0.5, 0.6) is 0 Å². The van der Waals surface area contributed by atoms with Crippen LogP contribution in [-0.2, 0) is 0 Å². The molecule has 20 heavy (non-hydrogen) atoms. The molecule has 110 valence electrons. The molecule has 0 spiro atoms. The van der Waals surface area contributed by atoms with Crippen LogP contribution in [0.4, 0.5) is 0 Å². The summed E-state index contributed by atoms with van der Waals surface area (Å²) in [4.78, 5) is 0. The van der Waals surface area contributed by atoms with Gasteiger partial charge in [0.25, 0.3) is 0 Å². The van der Waals surface area contributed by atoms with Gasteiger partial charge in [0.2, 0.25) is 0 Å². The predicted molar refractivity (Wildman–Crippen MR) is 90.1 cm³/mol. The average molecular weight is 290 g/mol. The monoisotopic (exact) mass is 290 g/mol. The minimum atomic E-state index is 0.305. The Morgan fingerprint density at radius 1 is 1.15 bits per heavy atom. The van der Waals surface area contributed by atoms with Crippen molar-refractivity contribution in [3.8, 4) is 0 Å². The molecule has 0 saturated heterocycles.